The number of benzene rings is 2. The molecule has 2 N–H and O–H groups in total. The lowest BCUT2D eigenvalue weighted by atomic mass is 10.0. The van der Waals surface area contributed by atoms with Crippen LogP contribution in [0.4, 0.5) is 0 Å². The zero-order chi connectivity index (χ0) is 22.1. The number of carboxylic acids is 1. The van der Waals surface area contributed by atoms with Crippen LogP contribution in [0.15, 0.2) is 36.4 Å². The maximum Gasteiger partial charge on any atom is 0.305 e. The summed E-state index contributed by atoms with van der Waals surface area (Å²) in [5.74, 6) is 0.207. The van der Waals surface area contributed by atoms with Gasteiger partial charge in [0, 0.05) is 5.56 Å². The highest BCUT2D eigenvalue weighted by atomic mass is 16.5. The third-order valence-electron chi connectivity index (χ3n) is 4.37. The third kappa shape index (κ3) is 5.79. The van der Waals surface area contributed by atoms with E-state index in [2.05, 4.69) is 5.32 Å². The first kappa shape index (κ1) is 22.9. The molecule has 0 unspecified atom stereocenters. The van der Waals surface area contributed by atoms with Gasteiger partial charge in [-0.1, -0.05) is 19.1 Å². The summed E-state index contributed by atoms with van der Waals surface area (Å²) in [6, 6.07) is 9.29. The fourth-order valence-corrected chi connectivity index (χ4v) is 2.90. The van der Waals surface area contributed by atoms with Crippen molar-refractivity contribution in [2.24, 2.45) is 0 Å². The van der Waals surface area contributed by atoms with E-state index in [1.54, 1.807) is 24.3 Å². The maximum absolute atomic E-state index is 12.9. The van der Waals surface area contributed by atoms with Gasteiger partial charge in [-0.2, -0.15) is 0 Å². The van der Waals surface area contributed by atoms with Crippen LogP contribution in [0.1, 0.15) is 41.7 Å². The number of nitrogens with one attached hydrogen (secondary N) is 1. The van der Waals surface area contributed by atoms with Crippen LogP contribution in [0.3, 0.4) is 0 Å². The molecule has 0 saturated carbocycles. The summed E-state index contributed by atoms with van der Waals surface area (Å²) < 4.78 is 21.4. The van der Waals surface area contributed by atoms with E-state index in [0.717, 1.165) is 6.42 Å². The summed E-state index contributed by atoms with van der Waals surface area (Å²) in [6.45, 7) is 2.60. The topological polar surface area (TPSA) is 103 Å². The summed E-state index contributed by atoms with van der Waals surface area (Å²) in [6.07, 6.45) is 0.611. The molecule has 8 nitrogen and oxygen atoms in total. The Labute approximate surface area is 175 Å². The van der Waals surface area contributed by atoms with Gasteiger partial charge in [-0.15, -0.1) is 0 Å². The fourth-order valence-electron chi connectivity index (χ4n) is 2.90. The van der Waals surface area contributed by atoms with Crippen LogP contribution < -0.4 is 24.3 Å². The van der Waals surface area contributed by atoms with Gasteiger partial charge in [0.15, 0.2) is 11.5 Å². The van der Waals surface area contributed by atoms with Crippen LogP contribution in [0.2, 0.25) is 0 Å². The summed E-state index contributed by atoms with van der Waals surface area (Å²) in [4.78, 5) is 24.2. The number of amides is 1. The number of carbonyl (C=O) groups is 2. The number of hydrogen-bond acceptors (Lipinski definition) is 6. The second kappa shape index (κ2) is 10.9. The van der Waals surface area contributed by atoms with Gasteiger partial charge in [0.2, 0.25) is 5.75 Å². The van der Waals surface area contributed by atoms with Crippen LogP contribution in [0.5, 0.6) is 23.0 Å². The first-order valence-electron chi connectivity index (χ1n) is 9.48. The minimum absolute atomic E-state index is 0.253. The fraction of sp³-hybridized carbons (Fsp3) is 0.364. The van der Waals surface area contributed by atoms with Crippen molar-refractivity contribution < 1.29 is 33.6 Å². The van der Waals surface area contributed by atoms with E-state index in [4.69, 9.17) is 18.9 Å². The minimum Gasteiger partial charge on any atom is -0.494 e. The Balaban J connectivity index is 2.28. The predicted molar refractivity (Wildman–Crippen MR) is 111 cm³/mol. The summed E-state index contributed by atoms with van der Waals surface area (Å²) in [7, 11) is 4.37. The first-order valence-corrected chi connectivity index (χ1v) is 9.48. The van der Waals surface area contributed by atoms with E-state index in [0.29, 0.717) is 35.2 Å². The maximum atomic E-state index is 12.9. The Morgan fingerprint density at radius 2 is 1.60 bits per heavy atom. The quantitative estimate of drug-likeness (QED) is 0.577. The molecule has 1 amide bonds. The van der Waals surface area contributed by atoms with Crippen LogP contribution in [0, 0.1) is 0 Å². The lowest BCUT2D eigenvalue weighted by Gasteiger charge is -2.19. The Hall–Kier alpha value is -3.42. The molecule has 0 heterocycles. The number of hydrogen-bond donors (Lipinski definition) is 2. The highest BCUT2D eigenvalue weighted by Crippen LogP contribution is 2.38. The Kier molecular flexibility index (Phi) is 8.34. The Bertz CT molecular complexity index is 839. The molecule has 0 aliphatic rings. The van der Waals surface area contributed by atoms with Crippen LogP contribution in [0.25, 0.3) is 0 Å². The van der Waals surface area contributed by atoms with E-state index < -0.39 is 17.9 Å². The average Bonchev–Trinajstić information content (AvgIpc) is 2.76. The molecule has 162 valence electrons. The van der Waals surface area contributed by atoms with Crippen molar-refractivity contribution in [3.05, 3.63) is 47.5 Å². The third-order valence-corrected chi connectivity index (χ3v) is 4.37. The van der Waals surface area contributed by atoms with Crippen molar-refractivity contribution >= 4 is 11.9 Å². The Morgan fingerprint density at radius 1 is 1.00 bits per heavy atom. The second-order valence-corrected chi connectivity index (χ2v) is 6.46. The highest BCUT2D eigenvalue weighted by Gasteiger charge is 2.22. The molecule has 0 aliphatic heterocycles. The highest BCUT2D eigenvalue weighted by molar-refractivity contribution is 5.96. The van der Waals surface area contributed by atoms with Gasteiger partial charge < -0.3 is 29.4 Å². The molecule has 0 fully saturated rings. The molecule has 0 aromatic heterocycles. The van der Waals surface area contributed by atoms with Crippen molar-refractivity contribution in [2.45, 2.75) is 25.8 Å². The monoisotopic (exact) mass is 417 g/mol. The van der Waals surface area contributed by atoms with Crippen molar-refractivity contribution in [2.75, 3.05) is 27.9 Å². The summed E-state index contributed by atoms with van der Waals surface area (Å²) in [5.41, 5.74) is 0.907. The molecule has 0 aliphatic carbocycles. The summed E-state index contributed by atoms with van der Waals surface area (Å²) in [5, 5.41) is 12.1. The molecule has 2 rings (SSSR count). The summed E-state index contributed by atoms with van der Waals surface area (Å²) >= 11 is 0. The SMILES string of the molecule is CCCOc1ccc([C@@H](CC(=O)O)NC(=O)c2cc(OC)c(OC)c(OC)c2)cc1. The number of rotatable bonds is 11. The number of carbonyl (C=O) groups excluding carboxylic acids is 1. The molecule has 0 bridgehead atoms. The molecular weight excluding hydrogens is 390 g/mol. The van der Waals surface area contributed by atoms with E-state index in [9.17, 15) is 14.7 Å². The van der Waals surface area contributed by atoms with Crippen LogP contribution >= 0.6 is 0 Å². The average molecular weight is 417 g/mol. The number of methoxy groups -OCH3 is 3. The zero-order valence-corrected chi connectivity index (χ0v) is 17.6. The largest absolute Gasteiger partial charge is 0.494 e. The number of aliphatic carboxylic acids is 1. The van der Waals surface area contributed by atoms with Gasteiger partial charge in [0.25, 0.3) is 5.91 Å². The molecule has 1 atom stereocenters. The van der Waals surface area contributed by atoms with Gasteiger partial charge in [0.05, 0.1) is 40.4 Å². The lowest BCUT2D eigenvalue weighted by Crippen LogP contribution is -2.30. The number of carboxylic acid groups (broad SMARTS) is 1. The lowest BCUT2D eigenvalue weighted by molar-refractivity contribution is -0.137. The van der Waals surface area contributed by atoms with Crippen molar-refractivity contribution in [3.63, 3.8) is 0 Å². The van der Waals surface area contributed by atoms with E-state index in [-0.39, 0.29) is 12.0 Å². The zero-order valence-electron chi connectivity index (χ0n) is 17.6. The van der Waals surface area contributed by atoms with Crippen LogP contribution in [-0.4, -0.2) is 44.9 Å². The molecule has 8 heteroatoms. The Morgan fingerprint density at radius 3 is 2.07 bits per heavy atom. The molecule has 30 heavy (non-hydrogen) atoms. The van der Waals surface area contributed by atoms with Gasteiger partial charge in [-0.3, -0.25) is 9.59 Å². The smallest absolute Gasteiger partial charge is 0.305 e. The molecule has 0 saturated heterocycles. The molecule has 0 spiro atoms. The van der Waals surface area contributed by atoms with E-state index >= 15 is 0 Å². The van der Waals surface area contributed by atoms with Crippen molar-refractivity contribution in [1.29, 1.82) is 0 Å². The van der Waals surface area contributed by atoms with E-state index in [1.165, 1.54) is 33.5 Å². The number of ether oxygens (including phenoxy) is 4. The van der Waals surface area contributed by atoms with E-state index in [1.807, 2.05) is 6.92 Å². The second-order valence-electron chi connectivity index (χ2n) is 6.46. The van der Waals surface area contributed by atoms with Crippen molar-refractivity contribution in [1.82, 2.24) is 5.32 Å². The van der Waals surface area contributed by atoms with Gasteiger partial charge in [-0.05, 0) is 36.2 Å². The van der Waals surface area contributed by atoms with Crippen molar-refractivity contribution in [3.8, 4) is 23.0 Å². The first-order chi connectivity index (χ1) is 14.4. The standard InChI is InChI=1S/C22H27NO7/c1-5-10-30-16-8-6-14(7-9-16)17(13-20(24)25)23-22(26)15-11-18(27-2)21(29-4)19(12-15)28-3/h6-9,11-12,17H,5,10,13H2,1-4H3,(H,23,26)(H,24,25)/t17-/m1/s1. The molecule has 2 aromatic rings. The van der Waals surface area contributed by atoms with Gasteiger partial charge in [-0.25, -0.2) is 0 Å². The molecule has 2 aromatic carbocycles. The normalized spacial score (nSPS) is 11.3. The molecule has 0 radical (unpaired) electrons. The minimum atomic E-state index is -1.03. The van der Waals surface area contributed by atoms with Crippen LogP contribution in [-0.2, 0) is 4.79 Å². The predicted octanol–water partition coefficient (Wildman–Crippen LogP) is 3.45. The van der Waals surface area contributed by atoms with Gasteiger partial charge >= 0.3 is 5.97 Å². The van der Waals surface area contributed by atoms with Gasteiger partial charge in [0.1, 0.15) is 5.75 Å². The molecular formula is C22H27NO7.